The van der Waals surface area contributed by atoms with Crippen molar-refractivity contribution < 1.29 is 14.3 Å². The molecule has 30 heavy (non-hydrogen) atoms. The minimum Gasteiger partial charge on any atom is -0.497 e. The summed E-state index contributed by atoms with van der Waals surface area (Å²) in [5, 5.41) is 12.1. The van der Waals surface area contributed by atoms with Crippen molar-refractivity contribution in [2.45, 2.75) is 24.9 Å². The third kappa shape index (κ3) is 4.94. The predicted molar refractivity (Wildman–Crippen MR) is 119 cm³/mol. The summed E-state index contributed by atoms with van der Waals surface area (Å²) in [6.45, 7) is 4.33. The van der Waals surface area contributed by atoms with Gasteiger partial charge in [0.1, 0.15) is 11.5 Å². The Bertz CT molecular complexity index is 1020. The van der Waals surface area contributed by atoms with Crippen LogP contribution in [0.25, 0.3) is 11.4 Å². The van der Waals surface area contributed by atoms with Gasteiger partial charge >= 0.3 is 0 Å². The summed E-state index contributed by atoms with van der Waals surface area (Å²) in [5.41, 5.74) is 2.86. The third-order valence-corrected chi connectivity index (χ3v) is 5.71. The van der Waals surface area contributed by atoms with Crippen LogP contribution in [0, 0.1) is 0 Å². The molecular formula is C22H26N4O3S. The van der Waals surface area contributed by atoms with E-state index in [0.29, 0.717) is 28.3 Å². The van der Waals surface area contributed by atoms with Crippen molar-refractivity contribution in [2.24, 2.45) is 7.05 Å². The molecule has 0 spiro atoms. The lowest BCUT2D eigenvalue weighted by Crippen LogP contribution is -2.15. The molecule has 3 rings (SSSR count). The van der Waals surface area contributed by atoms with Crippen LogP contribution in [0.3, 0.4) is 0 Å². The Labute approximate surface area is 180 Å². The van der Waals surface area contributed by atoms with Crippen LogP contribution in [0.15, 0.2) is 47.6 Å². The van der Waals surface area contributed by atoms with Crippen LogP contribution >= 0.6 is 11.8 Å². The van der Waals surface area contributed by atoms with Gasteiger partial charge in [-0.05, 0) is 23.6 Å². The highest BCUT2D eigenvalue weighted by Crippen LogP contribution is 2.29. The monoisotopic (exact) mass is 426 g/mol. The number of carbonyl (C=O) groups excluding carboxylic acids is 1. The average molecular weight is 427 g/mol. The number of hydrogen-bond donors (Lipinski definition) is 1. The summed E-state index contributed by atoms with van der Waals surface area (Å²) in [6.07, 6.45) is 0. The summed E-state index contributed by atoms with van der Waals surface area (Å²) in [5.74, 6) is 2.49. The molecule has 0 aliphatic carbocycles. The molecule has 8 heteroatoms. The Morgan fingerprint density at radius 1 is 1.10 bits per heavy atom. The molecule has 7 nitrogen and oxygen atoms in total. The van der Waals surface area contributed by atoms with Gasteiger partial charge in [-0.2, -0.15) is 0 Å². The zero-order chi connectivity index (χ0) is 21.7. The summed E-state index contributed by atoms with van der Waals surface area (Å²) < 4.78 is 12.4. The van der Waals surface area contributed by atoms with Gasteiger partial charge in [0.15, 0.2) is 11.0 Å². The van der Waals surface area contributed by atoms with Crippen molar-refractivity contribution in [2.75, 3.05) is 25.3 Å². The molecule has 0 bridgehead atoms. The van der Waals surface area contributed by atoms with Crippen LogP contribution < -0.4 is 14.8 Å². The Morgan fingerprint density at radius 2 is 1.83 bits per heavy atom. The minimum absolute atomic E-state index is 0.158. The highest BCUT2D eigenvalue weighted by atomic mass is 32.2. The number of hydrogen-bond acceptors (Lipinski definition) is 6. The van der Waals surface area contributed by atoms with E-state index in [1.807, 2.05) is 11.6 Å². The minimum atomic E-state index is -0.158. The molecule has 0 fully saturated rings. The molecule has 0 unspecified atom stereocenters. The predicted octanol–water partition coefficient (Wildman–Crippen LogP) is 4.35. The molecule has 0 aliphatic heterocycles. The zero-order valence-corrected chi connectivity index (χ0v) is 18.6. The maximum Gasteiger partial charge on any atom is 0.234 e. The van der Waals surface area contributed by atoms with Crippen LogP contribution in [0.5, 0.6) is 11.5 Å². The van der Waals surface area contributed by atoms with Crippen LogP contribution in [0.2, 0.25) is 0 Å². The molecule has 3 aromatic rings. The number of carbonyl (C=O) groups is 1. The largest absolute Gasteiger partial charge is 0.497 e. The highest BCUT2D eigenvalue weighted by Gasteiger charge is 2.14. The standard InChI is InChI=1S/C22H26N4O3S/c1-14(2)15-6-8-16(9-7-15)21-24-25-22(26(21)3)30-13-20(27)23-18-11-10-17(28-4)12-19(18)29-5/h6-12,14H,13H2,1-5H3,(H,23,27). The molecular weight excluding hydrogens is 400 g/mol. The number of methoxy groups -OCH3 is 2. The van der Waals surface area contributed by atoms with E-state index in [2.05, 4.69) is 53.6 Å². The van der Waals surface area contributed by atoms with Gasteiger partial charge in [0.25, 0.3) is 0 Å². The molecule has 1 aromatic heterocycles. The van der Waals surface area contributed by atoms with E-state index in [1.54, 1.807) is 32.4 Å². The van der Waals surface area contributed by atoms with E-state index in [1.165, 1.54) is 17.3 Å². The summed E-state index contributed by atoms with van der Waals surface area (Å²) in [4.78, 5) is 12.4. The van der Waals surface area contributed by atoms with Crippen LogP contribution in [-0.4, -0.2) is 40.6 Å². The first-order valence-corrected chi connectivity index (χ1v) is 10.6. The number of aromatic nitrogens is 3. The topological polar surface area (TPSA) is 78.3 Å². The van der Waals surface area contributed by atoms with Gasteiger partial charge in [-0.15, -0.1) is 10.2 Å². The van der Waals surface area contributed by atoms with Gasteiger partial charge in [0, 0.05) is 18.7 Å². The van der Waals surface area contributed by atoms with Crippen LogP contribution in [0.4, 0.5) is 5.69 Å². The summed E-state index contributed by atoms with van der Waals surface area (Å²) in [7, 11) is 5.03. The maximum atomic E-state index is 12.4. The Morgan fingerprint density at radius 3 is 2.47 bits per heavy atom. The molecule has 0 atom stereocenters. The number of nitrogens with zero attached hydrogens (tertiary/aromatic N) is 3. The second-order valence-electron chi connectivity index (χ2n) is 7.04. The first kappa shape index (κ1) is 21.7. The molecule has 1 N–H and O–H groups in total. The Kier molecular flexibility index (Phi) is 6.99. The molecule has 2 aromatic carbocycles. The van der Waals surface area contributed by atoms with Gasteiger partial charge in [-0.25, -0.2) is 0 Å². The van der Waals surface area contributed by atoms with Gasteiger partial charge in [-0.1, -0.05) is 49.9 Å². The fourth-order valence-corrected chi connectivity index (χ4v) is 3.64. The van der Waals surface area contributed by atoms with E-state index < -0.39 is 0 Å². The third-order valence-electron chi connectivity index (χ3n) is 4.69. The van der Waals surface area contributed by atoms with E-state index in [0.717, 1.165) is 11.4 Å². The second-order valence-corrected chi connectivity index (χ2v) is 7.99. The first-order valence-electron chi connectivity index (χ1n) is 9.57. The smallest absolute Gasteiger partial charge is 0.234 e. The number of benzene rings is 2. The number of thioether (sulfide) groups is 1. The molecule has 1 amide bonds. The van der Waals surface area contributed by atoms with E-state index in [9.17, 15) is 4.79 Å². The summed E-state index contributed by atoms with van der Waals surface area (Å²) in [6, 6.07) is 13.6. The van der Waals surface area contributed by atoms with Crippen molar-refractivity contribution >= 4 is 23.4 Å². The van der Waals surface area contributed by atoms with Crippen molar-refractivity contribution in [3.8, 4) is 22.9 Å². The Hall–Kier alpha value is -3.00. The van der Waals surface area contributed by atoms with Gasteiger partial charge in [0.05, 0.1) is 25.7 Å². The van der Waals surface area contributed by atoms with Gasteiger partial charge < -0.3 is 19.4 Å². The quantitative estimate of drug-likeness (QED) is 0.540. The van der Waals surface area contributed by atoms with Crippen molar-refractivity contribution in [3.63, 3.8) is 0 Å². The number of rotatable bonds is 8. The molecule has 0 saturated heterocycles. The molecule has 0 saturated carbocycles. The number of anilines is 1. The molecule has 0 aliphatic rings. The second kappa shape index (κ2) is 9.67. The van der Waals surface area contributed by atoms with E-state index in [-0.39, 0.29) is 11.7 Å². The number of nitrogens with one attached hydrogen (secondary N) is 1. The highest BCUT2D eigenvalue weighted by molar-refractivity contribution is 7.99. The lowest BCUT2D eigenvalue weighted by atomic mass is 10.0. The first-order chi connectivity index (χ1) is 14.4. The normalized spacial score (nSPS) is 10.9. The van der Waals surface area contributed by atoms with Crippen molar-refractivity contribution in [3.05, 3.63) is 48.0 Å². The van der Waals surface area contributed by atoms with Crippen molar-refractivity contribution in [1.82, 2.24) is 14.8 Å². The number of ether oxygens (including phenoxy) is 2. The Balaban J connectivity index is 1.64. The van der Waals surface area contributed by atoms with Crippen molar-refractivity contribution in [1.29, 1.82) is 0 Å². The van der Waals surface area contributed by atoms with E-state index >= 15 is 0 Å². The van der Waals surface area contributed by atoms with Gasteiger partial charge in [-0.3, -0.25) is 4.79 Å². The average Bonchev–Trinajstić information content (AvgIpc) is 3.12. The maximum absolute atomic E-state index is 12.4. The molecule has 0 radical (unpaired) electrons. The molecule has 158 valence electrons. The van der Waals surface area contributed by atoms with E-state index in [4.69, 9.17) is 9.47 Å². The fraction of sp³-hybridized carbons (Fsp3) is 0.318. The fourth-order valence-electron chi connectivity index (χ4n) is 2.93. The lowest BCUT2D eigenvalue weighted by molar-refractivity contribution is -0.113. The summed E-state index contributed by atoms with van der Waals surface area (Å²) >= 11 is 1.33. The number of amides is 1. The zero-order valence-electron chi connectivity index (χ0n) is 17.8. The SMILES string of the molecule is COc1ccc(NC(=O)CSc2nnc(-c3ccc(C(C)C)cc3)n2C)c(OC)c1. The van der Waals surface area contributed by atoms with Crippen LogP contribution in [-0.2, 0) is 11.8 Å². The van der Waals surface area contributed by atoms with Crippen LogP contribution in [0.1, 0.15) is 25.3 Å². The molecule has 1 heterocycles. The van der Waals surface area contributed by atoms with Gasteiger partial charge in [0.2, 0.25) is 5.91 Å². The lowest BCUT2D eigenvalue weighted by Gasteiger charge is -2.11.